The molecule has 0 radical (unpaired) electrons. The Hall–Kier alpha value is -0.840. The predicted octanol–water partition coefficient (Wildman–Crippen LogP) is 1.12. The maximum atomic E-state index is 9.67. The molecular weight excluding hydrogens is 204 g/mol. The Labute approximate surface area is 87.3 Å². The zero-order valence-electron chi connectivity index (χ0n) is 7.81. The fourth-order valence-electron chi connectivity index (χ4n) is 1.13. The zero-order valence-corrected chi connectivity index (χ0v) is 8.57. The first-order chi connectivity index (χ1) is 6.56. The topological polar surface area (TPSA) is 79.4 Å². The van der Waals surface area contributed by atoms with E-state index in [0.29, 0.717) is 17.0 Å². The number of halogens is 1. The molecule has 0 aliphatic heterocycles. The van der Waals surface area contributed by atoms with Gasteiger partial charge >= 0.3 is 0 Å². The van der Waals surface area contributed by atoms with E-state index < -0.39 is 12.2 Å². The van der Waals surface area contributed by atoms with Gasteiger partial charge in [0.1, 0.15) is 11.9 Å². The van der Waals surface area contributed by atoms with E-state index in [2.05, 4.69) is 4.98 Å². The number of pyridine rings is 1. The number of aliphatic hydroxyl groups is 2. The van der Waals surface area contributed by atoms with Crippen LogP contribution in [0.1, 0.15) is 25.0 Å². The van der Waals surface area contributed by atoms with E-state index in [0.717, 1.165) is 0 Å². The van der Waals surface area contributed by atoms with Crippen LogP contribution in [0.5, 0.6) is 0 Å². The average molecular weight is 217 g/mol. The quantitative estimate of drug-likeness (QED) is 0.708. The van der Waals surface area contributed by atoms with Gasteiger partial charge < -0.3 is 15.9 Å². The van der Waals surface area contributed by atoms with Gasteiger partial charge in [-0.3, -0.25) is 0 Å². The molecule has 1 aromatic rings. The maximum Gasteiger partial charge on any atom is 0.129 e. The van der Waals surface area contributed by atoms with Gasteiger partial charge in [0, 0.05) is 11.8 Å². The molecule has 78 valence electrons. The molecule has 0 aromatic carbocycles. The van der Waals surface area contributed by atoms with Crippen molar-refractivity contribution in [1.82, 2.24) is 4.98 Å². The van der Waals surface area contributed by atoms with Crippen LogP contribution in [0.25, 0.3) is 0 Å². The van der Waals surface area contributed by atoms with Crippen LogP contribution in [0, 0.1) is 0 Å². The van der Waals surface area contributed by atoms with E-state index in [1.807, 2.05) is 0 Å². The van der Waals surface area contributed by atoms with E-state index >= 15 is 0 Å². The van der Waals surface area contributed by atoms with E-state index in [4.69, 9.17) is 17.3 Å². The number of nitrogens with two attached hydrogens (primary N) is 1. The lowest BCUT2D eigenvalue weighted by atomic mass is 10.0. The van der Waals surface area contributed by atoms with Crippen molar-refractivity contribution in [3.8, 4) is 0 Å². The zero-order chi connectivity index (χ0) is 10.7. The average Bonchev–Trinajstić information content (AvgIpc) is 2.19. The molecule has 5 heteroatoms. The lowest BCUT2D eigenvalue weighted by Crippen LogP contribution is -2.18. The summed E-state index contributed by atoms with van der Waals surface area (Å²) in [5.74, 6) is 0.189. The van der Waals surface area contributed by atoms with Gasteiger partial charge in [0.2, 0.25) is 0 Å². The molecule has 1 heterocycles. The van der Waals surface area contributed by atoms with Gasteiger partial charge in [-0.25, -0.2) is 4.98 Å². The number of hydrogen-bond donors (Lipinski definition) is 3. The molecular formula is C9H13ClN2O2. The van der Waals surface area contributed by atoms with Gasteiger partial charge in [-0.15, -0.1) is 0 Å². The summed E-state index contributed by atoms with van der Waals surface area (Å²) in [6, 6.07) is 1.51. The Kier molecular flexibility index (Phi) is 3.69. The Morgan fingerprint density at radius 3 is 2.79 bits per heavy atom. The standard InChI is InChI=1S/C9H13ClN2O2/c1-2-7(13)8(14)6-3-5(10)4-12-9(6)11/h3-4,7-8,13-14H,2H2,1H3,(H2,11,12). The number of rotatable bonds is 3. The molecule has 0 saturated heterocycles. The fraction of sp³-hybridized carbons (Fsp3) is 0.444. The van der Waals surface area contributed by atoms with Gasteiger partial charge in [-0.2, -0.15) is 0 Å². The summed E-state index contributed by atoms with van der Waals surface area (Å²) in [5.41, 5.74) is 5.91. The highest BCUT2D eigenvalue weighted by Gasteiger charge is 2.19. The Balaban J connectivity index is 2.99. The molecule has 0 saturated carbocycles. The highest BCUT2D eigenvalue weighted by Crippen LogP contribution is 2.25. The molecule has 4 nitrogen and oxygen atoms in total. The van der Waals surface area contributed by atoms with Gasteiger partial charge in [-0.1, -0.05) is 18.5 Å². The molecule has 2 unspecified atom stereocenters. The third kappa shape index (κ3) is 2.35. The first kappa shape index (κ1) is 11.2. The number of anilines is 1. The molecule has 1 aromatic heterocycles. The second-order valence-electron chi connectivity index (χ2n) is 3.05. The summed E-state index contributed by atoms with van der Waals surface area (Å²) in [4.78, 5) is 3.79. The van der Waals surface area contributed by atoms with Crippen molar-refractivity contribution in [1.29, 1.82) is 0 Å². The number of aliphatic hydroxyl groups excluding tert-OH is 2. The molecule has 0 bridgehead atoms. The van der Waals surface area contributed by atoms with Crippen LogP contribution in [0.4, 0.5) is 5.82 Å². The van der Waals surface area contributed by atoms with Crippen molar-refractivity contribution < 1.29 is 10.2 Å². The first-order valence-electron chi connectivity index (χ1n) is 4.33. The maximum absolute atomic E-state index is 9.67. The monoisotopic (exact) mass is 216 g/mol. The van der Waals surface area contributed by atoms with Crippen molar-refractivity contribution in [3.63, 3.8) is 0 Å². The fourth-order valence-corrected chi connectivity index (χ4v) is 1.30. The molecule has 0 fully saturated rings. The Bertz CT molecular complexity index is 320. The number of nitrogen functional groups attached to an aromatic ring is 1. The minimum atomic E-state index is -1.04. The molecule has 1 rings (SSSR count). The van der Waals surface area contributed by atoms with Crippen LogP contribution in [-0.4, -0.2) is 21.3 Å². The molecule has 0 aliphatic carbocycles. The Morgan fingerprint density at radius 2 is 2.21 bits per heavy atom. The smallest absolute Gasteiger partial charge is 0.129 e. The van der Waals surface area contributed by atoms with Crippen LogP contribution in [0.2, 0.25) is 5.02 Å². The largest absolute Gasteiger partial charge is 0.390 e. The summed E-state index contributed by atoms with van der Waals surface area (Å²) in [6.07, 6.45) is -0.0535. The second-order valence-corrected chi connectivity index (χ2v) is 3.48. The predicted molar refractivity (Wildman–Crippen MR) is 54.9 cm³/mol. The van der Waals surface area contributed by atoms with E-state index in [9.17, 15) is 10.2 Å². The summed E-state index contributed by atoms with van der Waals surface area (Å²) in [6.45, 7) is 1.77. The number of aromatic nitrogens is 1. The van der Waals surface area contributed by atoms with Crippen molar-refractivity contribution in [2.45, 2.75) is 25.6 Å². The summed E-state index contributed by atoms with van der Waals surface area (Å²) in [7, 11) is 0. The highest BCUT2D eigenvalue weighted by atomic mass is 35.5. The minimum absolute atomic E-state index is 0.189. The second kappa shape index (κ2) is 4.59. The lowest BCUT2D eigenvalue weighted by molar-refractivity contribution is 0.0167. The molecule has 0 aliphatic rings. The van der Waals surface area contributed by atoms with Gasteiger partial charge in [-0.05, 0) is 12.5 Å². The molecule has 0 amide bonds. The SMILES string of the molecule is CCC(O)C(O)c1cc(Cl)cnc1N. The van der Waals surface area contributed by atoms with Crippen LogP contribution < -0.4 is 5.73 Å². The third-order valence-corrected chi connectivity index (χ3v) is 2.22. The van der Waals surface area contributed by atoms with Crippen molar-refractivity contribution in [2.24, 2.45) is 0 Å². The van der Waals surface area contributed by atoms with Crippen LogP contribution in [0.3, 0.4) is 0 Å². The van der Waals surface area contributed by atoms with Crippen molar-refractivity contribution in [2.75, 3.05) is 5.73 Å². The molecule has 0 spiro atoms. The molecule has 14 heavy (non-hydrogen) atoms. The lowest BCUT2D eigenvalue weighted by Gasteiger charge is -2.17. The number of hydrogen-bond acceptors (Lipinski definition) is 4. The van der Waals surface area contributed by atoms with E-state index in [1.54, 1.807) is 6.92 Å². The minimum Gasteiger partial charge on any atom is -0.390 e. The molecule has 2 atom stereocenters. The van der Waals surface area contributed by atoms with Gasteiger partial charge in [0.15, 0.2) is 0 Å². The van der Waals surface area contributed by atoms with Crippen LogP contribution in [-0.2, 0) is 0 Å². The van der Waals surface area contributed by atoms with Crippen LogP contribution >= 0.6 is 11.6 Å². The van der Waals surface area contributed by atoms with Crippen molar-refractivity contribution in [3.05, 3.63) is 22.8 Å². The normalized spacial score (nSPS) is 15.1. The molecule has 4 N–H and O–H groups in total. The van der Waals surface area contributed by atoms with E-state index in [1.165, 1.54) is 12.3 Å². The van der Waals surface area contributed by atoms with Crippen LogP contribution in [0.15, 0.2) is 12.3 Å². The number of nitrogens with zero attached hydrogens (tertiary/aromatic N) is 1. The summed E-state index contributed by atoms with van der Waals surface area (Å²) in [5, 5.41) is 19.5. The van der Waals surface area contributed by atoms with Crippen molar-refractivity contribution >= 4 is 17.4 Å². The van der Waals surface area contributed by atoms with Gasteiger partial charge in [0.25, 0.3) is 0 Å². The third-order valence-electron chi connectivity index (χ3n) is 2.02. The first-order valence-corrected chi connectivity index (χ1v) is 4.71. The van der Waals surface area contributed by atoms with Gasteiger partial charge in [0.05, 0.1) is 11.1 Å². The summed E-state index contributed by atoms with van der Waals surface area (Å²) < 4.78 is 0. The highest BCUT2D eigenvalue weighted by molar-refractivity contribution is 6.30. The summed E-state index contributed by atoms with van der Waals surface area (Å²) >= 11 is 5.70. The van der Waals surface area contributed by atoms with E-state index in [-0.39, 0.29) is 5.82 Å². The Morgan fingerprint density at radius 1 is 1.57 bits per heavy atom.